The van der Waals surface area contributed by atoms with Gasteiger partial charge in [0.25, 0.3) is 0 Å². The lowest BCUT2D eigenvalue weighted by Crippen LogP contribution is -2.18. The SMILES string of the molecule is CC1CCCCNC1.CCc1cc2[nH]c3ccc(C)cc3c2cc1Cl. The second kappa shape index (κ2) is 8.25. The molecule has 1 unspecified atom stereocenters. The average Bonchev–Trinajstić information content (AvgIpc) is 2.76. The standard InChI is InChI=1S/C15H14ClN.C7H15N/c1-3-10-7-15-12(8-13(10)16)11-6-9(2)4-5-14(11)17-15;1-7-4-2-3-5-8-6-7/h4-8,17H,3H2,1-2H3;7-8H,2-6H2,1H3. The Bertz CT molecular complexity index is 842. The number of aromatic nitrogens is 1. The van der Waals surface area contributed by atoms with Crippen LogP contribution in [0.15, 0.2) is 30.3 Å². The molecule has 1 aliphatic heterocycles. The zero-order valence-electron chi connectivity index (χ0n) is 15.6. The summed E-state index contributed by atoms with van der Waals surface area (Å²) < 4.78 is 0. The van der Waals surface area contributed by atoms with Gasteiger partial charge in [0.05, 0.1) is 0 Å². The summed E-state index contributed by atoms with van der Waals surface area (Å²) in [6, 6.07) is 10.7. The van der Waals surface area contributed by atoms with Gasteiger partial charge in [-0.25, -0.2) is 0 Å². The zero-order valence-corrected chi connectivity index (χ0v) is 16.3. The predicted molar refractivity (Wildman–Crippen MR) is 111 cm³/mol. The fraction of sp³-hybridized carbons (Fsp3) is 0.455. The lowest BCUT2D eigenvalue weighted by atomic mass is 10.1. The molecule has 1 aliphatic rings. The van der Waals surface area contributed by atoms with Crippen LogP contribution in [0.25, 0.3) is 21.8 Å². The molecule has 0 saturated carbocycles. The Balaban J connectivity index is 0.000000192. The van der Waals surface area contributed by atoms with Gasteiger partial charge in [-0.2, -0.15) is 0 Å². The summed E-state index contributed by atoms with van der Waals surface area (Å²) in [7, 11) is 0. The first-order chi connectivity index (χ1) is 12.1. The minimum atomic E-state index is 0.863. The molecule has 3 aromatic rings. The van der Waals surface area contributed by atoms with Gasteiger partial charge < -0.3 is 10.3 Å². The second-order valence-electron chi connectivity index (χ2n) is 7.32. The van der Waals surface area contributed by atoms with Crippen LogP contribution in [0, 0.1) is 12.8 Å². The minimum absolute atomic E-state index is 0.863. The van der Waals surface area contributed by atoms with Crippen molar-refractivity contribution in [3.8, 4) is 0 Å². The maximum Gasteiger partial charge on any atom is 0.0468 e. The average molecular weight is 357 g/mol. The Morgan fingerprint density at radius 1 is 1.08 bits per heavy atom. The fourth-order valence-electron chi connectivity index (χ4n) is 3.54. The van der Waals surface area contributed by atoms with E-state index in [-0.39, 0.29) is 0 Å². The molecule has 2 heterocycles. The van der Waals surface area contributed by atoms with Gasteiger partial charge in [-0.1, -0.05) is 43.5 Å². The summed E-state index contributed by atoms with van der Waals surface area (Å²) >= 11 is 6.29. The van der Waals surface area contributed by atoms with Crippen LogP contribution in [0.4, 0.5) is 0 Å². The van der Waals surface area contributed by atoms with Gasteiger partial charge in [0.2, 0.25) is 0 Å². The highest BCUT2D eigenvalue weighted by Gasteiger charge is 2.08. The third kappa shape index (κ3) is 4.37. The monoisotopic (exact) mass is 356 g/mol. The minimum Gasteiger partial charge on any atom is -0.355 e. The number of hydrogen-bond donors (Lipinski definition) is 2. The van der Waals surface area contributed by atoms with Crippen LogP contribution in [0.2, 0.25) is 5.02 Å². The number of nitrogens with one attached hydrogen (secondary N) is 2. The summed E-state index contributed by atoms with van der Waals surface area (Å²) in [5, 5.41) is 6.73. The number of benzene rings is 2. The van der Waals surface area contributed by atoms with Gasteiger partial charge >= 0.3 is 0 Å². The van der Waals surface area contributed by atoms with E-state index in [9.17, 15) is 0 Å². The van der Waals surface area contributed by atoms with Crippen molar-refractivity contribution in [1.29, 1.82) is 0 Å². The highest BCUT2D eigenvalue weighted by molar-refractivity contribution is 6.32. The summed E-state index contributed by atoms with van der Waals surface area (Å²) in [5.74, 6) is 0.914. The Hall–Kier alpha value is -1.51. The maximum absolute atomic E-state index is 6.29. The van der Waals surface area contributed by atoms with Gasteiger partial charge in [0, 0.05) is 26.8 Å². The van der Waals surface area contributed by atoms with E-state index in [1.54, 1.807) is 0 Å². The lowest BCUT2D eigenvalue weighted by Gasteiger charge is -2.03. The van der Waals surface area contributed by atoms with Crippen LogP contribution < -0.4 is 5.32 Å². The van der Waals surface area contributed by atoms with Crippen LogP contribution in [0.3, 0.4) is 0 Å². The quantitative estimate of drug-likeness (QED) is 0.530. The Labute approximate surface area is 156 Å². The van der Waals surface area contributed by atoms with E-state index >= 15 is 0 Å². The first-order valence-electron chi connectivity index (χ1n) is 9.49. The van der Waals surface area contributed by atoms with Crippen molar-refractivity contribution in [2.45, 2.75) is 46.5 Å². The topological polar surface area (TPSA) is 27.8 Å². The fourth-order valence-corrected chi connectivity index (χ4v) is 3.84. The molecular formula is C22H29ClN2. The van der Waals surface area contributed by atoms with Crippen molar-refractivity contribution in [3.05, 3.63) is 46.5 Å². The second-order valence-corrected chi connectivity index (χ2v) is 7.73. The van der Waals surface area contributed by atoms with Gasteiger partial charge in [0.1, 0.15) is 0 Å². The smallest absolute Gasteiger partial charge is 0.0468 e. The van der Waals surface area contributed by atoms with Gasteiger partial charge in [-0.15, -0.1) is 0 Å². The van der Waals surface area contributed by atoms with Crippen molar-refractivity contribution >= 4 is 33.4 Å². The molecule has 1 aromatic heterocycles. The number of aryl methyl sites for hydroxylation is 2. The van der Waals surface area contributed by atoms with E-state index in [0.29, 0.717) is 0 Å². The molecule has 0 aliphatic carbocycles. The van der Waals surface area contributed by atoms with Crippen molar-refractivity contribution in [3.63, 3.8) is 0 Å². The van der Waals surface area contributed by atoms with Crippen LogP contribution in [-0.4, -0.2) is 18.1 Å². The Kier molecular flexibility index (Phi) is 6.03. The van der Waals surface area contributed by atoms with Crippen molar-refractivity contribution in [2.24, 2.45) is 5.92 Å². The van der Waals surface area contributed by atoms with Crippen LogP contribution >= 0.6 is 11.6 Å². The first kappa shape index (κ1) is 18.3. The largest absolute Gasteiger partial charge is 0.355 e. The normalized spacial score (nSPS) is 18.0. The van der Waals surface area contributed by atoms with Crippen LogP contribution in [0.1, 0.15) is 44.2 Å². The number of hydrogen-bond acceptors (Lipinski definition) is 1. The molecule has 0 bridgehead atoms. The highest BCUT2D eigenvalue weighted by atomic mass is 35.5. The van der Waals surface area contributed by atoms with E-state index in [1.165, 1.54) is 65.3 Å². The van der Waals surface area contributed by atoms with Crippen molar-refractivity contribution in [1.82, 2.24) is 10.3 Å². The Morgan fingerprint density at radius 2 is 1.88 bits per heavy atom. The number of fused-ring (bicyclic) bond motifs is 3. The molecule has 2 nitrogen and oxygen atoms in total. The molecule has 1 saturated heterocycles. The van der Waals surface area contributed by atoms with Crippen molar-refractivity contribution in [2.75, 3.05) is 13.1 Å². The molecule has 2 N–H and O–H groups in total. The zero-order chi connectivity index (χ0) is 17.8. The molecule has 1 fully saturated rings. The summed E-state index contributed by atoms with van der Waals surface area (Å²) in [5.41, 5.74) is 4.82. The molecular weight excluding hydrogens is 328 g/mol. The molecule has 134 valence electrons. The maximum atomic E-state index is 6.29. The number of H-pyrrole nitrogens is 1. The van der Waals surface area contributed by atoms with Crippen LogP contribution in [-0.2, 0) is 6.42 Å². The van der Waals surface area contributed by atoms with E-state index in [1.807, 2.05) is 0 Å². The molecule has 3 heteroatoms. The molecule has 0 spiro atoms. The van der Waals surface area contributed by atoms with E-state index in [2.05, 4.69) is 61.4 Å². The summed E-state index contributed by atoms with van der Waals surface area (Å²) in [6.45, 7) is 9.03. The third-order valence-electron chi connectivity index (χ3n) is 5.10. The van der Waals surface area contributed by atoms with E-state index in [0.717, 1.165) is 17.4 Å². The van der Waals surface area contributed by atoms with Gasteiger partial charge in [0.15, 0.2) is 0 Å². The number of aromatic amines is 1. The third-order valence-corrected chi connectivity index (χ3v) is 5.45. The van der Waals surface area contributed by atoms with Crippen LogP contribution in [0.5, 0.6) is 0 Å². The lowest BCUT2D eigenvalue weighted by molar-refractivity contribution is 0.525. The predicted octanol–water partition coefficient (Wildman–Crippen LogP) is 6.24. The number of halogens is 1. The van der Waals surface area contributed by atoms with Gasteiger partial charge in [-0.05, 0) is 75.0 Å². The Morgan fingerprint density at radius 3 is 2.68 bits per heavy atom. The highest BCUT2D eigenvalue weighted by Crippen LogP contribution is 2.30. The van der Waals surface area contributed by atoms with Gasteiger partial charge in [-0.3, -0.25) is 0 Å². The van der Waals surface area contributed by atoms with E-state index in [4.69, 9.17) is 11.6 Å². The molecule has 1 atom stereocenters. The molecule has 0 amide bonds. The molecule has 4 rings (SSSR count). The van der Waals surface area contributed by atoms with Crippen molar-refractivity contribution < 1.29 is 0 Å². The molecule has 0 radical (unpaired) electrons. The van der Waals surface area contributed by atoms with E-state index < -0.39 is 0 Å². The summed E-state index contributed by atoms with van der Waals surface area (Å²) in [6.07, 6.45) is 5.19. The number of rotatable bonds is 1. The molecule has 2 aromatic carbocycles. The first-order valence-corrected chi connectivity index (χ1v) is 9.87. The summed E-state index contributed by atoms with van der Waals surface area (Å²) in [4.78, 5) is 3.45. The molecule has 25 heavy (non-hydrogen) atoms.